The molecule has 1 aliphatic rings. The minimum Gasteiger partial charge on any atom is -0.324 e. The van der Waals surface area contributed by atoms with Crippen LogP contribution in [0.5, 0.6) is 0 Å². The number of hydrogen-bond acceptors (Lipinski definition) is 7. The SMILES string of the molecule is CN(C)S(=O)(=O)Nc1cccc(Nc2nccc(-c3cnn(C(CC#N)C4CCCC4)c3)n2)c1. The fraction of sp³-hybridized carbons (Fsp3) is 0.391. The molecule has 0 saturated heterocycles. The van der Waals surface area contributed by atoms with Gasteiger partial charge in [-0.1, -0.05) is 18.9 Å². The lowest BCUT2D eigenvalue weighted by Crippen LogP contribution is -2.28. The summed E-state index contributed by atoms with van der Waals surface area (Å²) in [6.07, 6.45) is 10.5. The molecule has 10 nitrogen and oxygen atoms in total. The molecular formula is C23H28N8O2S. The average molecular weight is 481 g/mol. The Morgan fingerprint density at radius 2 is 2.00 bits per heavy atom. The topological polar surface area (TPSA) is 129 Å². The number of nitrogens with one attached hydrogen (secondary N) is 2. The Morgan fingerprint density at radius 1 is 1.24 bits per heavy atom. The molecule has 1 atom stereocenters. The van der Waals surface area contributed by atoms with Crippen molar-refractivity contribution in [3.05, 3.63) is 48.9 Å². The van der Waals surface area contributed by atoms with E-state index in [1.807, 2.05) is 16.9 Å². The Morgan fingerprint density at radius 3 is 2.74 bits per heavy atom. The summed E-state index contributed by atoms with van der Waals surface area (Å²) < 4.78 is 29.7. The summed E-state index contributed by atoms with van der Waals surface area (Å²) in [5.41, 5.74) is 2.61. The van der Waals surface area contributed by atoms with E-state index in [9.17, 15) is 13.7 Å². The fourth-order valence-corrected chi connectivity index (χ4v) is 4.78. The molecule has 0 bridgehead atoms. The smallest absolute Gasteiger partial charge is 0.301 e. The van der Waals surface area contributed by atoms with Gasteiger partial charge in [0.2, 0.25) is 5.95 Å². The van der Waals surface area contributed by atoms with Crippen LogP contribution in [-0.2, 0) is 10.2 Å². The van der Waals surface area contributed by atoms with Crippen molar-refractivity contribution in [2.45, 2.75) is 38.1 Å². The molecule has 3 aromatic rings. The van der Waals surface area contributed by atoms with Crippen molar-refractivity contribution in [1.29, 1.82) is 5.26 Å². The Kier molecular flexibility index (Phi) is 7.09. The molecule has 1 saturated carbocycles. The van der Waals surface area contributed by atoms with E-state index in [1.54, 1.807) is 36.7 Å². The molecule has 0 amide bonds. The fourth-order valence-electron chi connectivity index (χ4n) is 4.17. The monoisotopic (exact) mass is 480 g/mol. The van der Waals surface area contributed by atoms with Gasteiger partial charge in [-0.25, -0.2) is 9.97 Å². The predicted octanol–water partition coefficient (Wildman–Crippen LogP) is 3.95. The van der Waals surface area contributed by atoms with Crippen LogP contribution in [-0.4, -0.2) is 46.6 Å². The van der Waals surface area contributed by atoms with Crippen LogP contribution in [0.25, 0.3) is 11.3 Å². The molecule has 0 aliphatic heterocycles. The third-order valence-electron chi connectivity index (χ3n) is 5.98. The van der Waals surface area contributed by atoms with Crippen LogP contribution in [0.2, 0.25) is 0 Å². The van der Waals surface area contributed by atoms with Gasteiger partial charge in [-0.3, -0.25) is 9.40 Å². The predicted molar refractivity (Wildman–Crippen MR) is 130 cm³/mol. The second kappa shape index (κ2) is 10.2. The first kappa shape index (κ1) is 23.7. The summed E-state index contributed by atoms with van der Waals surface area (Å²) in [5.74, 6) is 0.856. The molecule has 4 rings (SSSR count). The number of hydrogen-bond donors (Lipinski definition) is 2. The largest absolute Gasteiger partial charge is 0.324 e. The van der Waals surface area contributed by atoms with Gasteiger partial charge in [-0.15, -0.1) is 0 Å². The zero-order chi connectivity index (χ0) is 24.1. The highest BCUT2D eigenvalue weighted by Crippen LogP contribution is 2.36. The normalized spacial score (nSPS) is 15.2. The molecule has 1 aliphatic carbocycles. The highest BCUT2D eigenvalue weighted by molar-refractivity contribution is 7.90. The average Bonchev–Trinajstić information content (AvgIpc) is 3.50. The highest BCUT2D eigenvalue weighted by Gasteiger charge is 2.27. The lowest BCUT2D eigenvalue weighted by Gasteiger charge is -2.21. The number of nitrogens with zero attached hydrogens (tertiary/aromatic N) is 6. The molecule has 0 radical (unpaired) electrons. The molecule has 0 spiro atoms. The third-order valence-corrected chi connectivity index (χ3v) is 7.44. The van der Waals surface area contributed by atoms with E-state index in [4.69, 9.17) is 0 Å². The lowest BCUT2D eigenvalue weighted by molar-refractivity contribution is 0.315. The van der Waals surface area contributed by atoms with Gasteiger partial charge >= 0.3 is 10.2 Å². The first-order valence-electron chi connectivity index (χ1n) is 11.2. The third kappa shape index (κ3) is 5.52. The highest BCUT2D eigenvalue weighted by atomic mass is 32.2. The number of aromatic nitrogens is 4. The number of nitriles is 1. The zero-order valence-corrected chi connectivity index (χ0v) is 20.0. The standard InChI is InChI=1S/C23H28N8O2S/c1-30(2)34(32,33)29-20-9-5-8-19(14-20)27-23-25-13-11-21(28-23)18-15-26-31(16-18)22(10-12-24)17-6-3-4-7-17/h5,8-9,11,13-17,22,29H,3-4,6-7,10H2,1-2H3,(H,25,27,28). The molecule has 1 fully saturated rings. The molecule has 2 aromatic heterocycles. The summed E-state index contributed by atoms with van der Waals surface area (Å²) in [4.78, 5) is 8.89. The first-order chi connectivity index (χ1) is 16.4. The maximum atomic E-state index is 12.1. The van der Waals surface area contributed by atoms with Crippen molar-refractivity contribution in [1.82, 2.24) is 24.1 Å². The summed E-state index contributed by atoms with van der Waals surface area (Å²) in [6.45, 7) is 0. The zero-order valence-electron chi connectivity index (χ0n) is 19.2. The van der Waals surface area contributed by atoms with Gasteiger partial charge in [0.25, 0.3) is 0 Å². The van der Waals surface area contributed by atoms with E-state index in [2.05, 4.69) is 31.2 Å². The number of benzene rings is 1. The summed E-state index contributed by atoms with van der Waals surface area (Å²) >= 11 is 0. The maximum absolute atomic E-state index is 12.1. The Bertz CT molecular complexity index is 1280. The van der Waals surface area contributed by atoms with E-state index in [-0.39, 0.29) is 6.04 Å². The lowest BCUT2D eigenvalue weighted by atomic mass is 9.96. The van der Waals surface area contributed by atoms with Crippen molar-refractivity contribution in [2.24, 2.45) is 5.92 Å². The van der Waals surface area contributed by atoms with Gasteiger partial charge in [0, 0.05) is 37.7 Å². The van der Waals surface area contributed by atoms with Crippen LogP contribution in [0.15, 0.2) is 48.9 Å². The molecule has 34 heavy (non-hydrogen) atoms. The van der Waals surface area contributed by atoms with Gasteiger partial charge in [0.05, 0.1) is 36.1 Å². The molecule has 2 N–H and O–H groups in total. The second-order valence-electron chi connectivity index (χ2n) is 8.54. The summed E-state index contributed by atoms with van der Waals surface area (Å²) in [7, 11) is -0.683. The van der Waals surface area contributed by atoms with E-state index in [0.29, 0.717) is 35.4 Å². The molecule has 1 aromatic carbocycles. The van der Waals surface area contributed by atoms with E-state index >= 15 is 0 Å². The van der Waals surface area contributed by atoms with E-state index in [0.717, 1.165) is 22.7 Å². The van der Waals surface area contributed by atoms with Crippen LogP contribution < -0.4 is 10.0 Å². The van der Waals surface area contributed by atoms with Gasteiger partial charge < -0.3 is 5.32 Å². The van der Waals surface area contributed by atoms with Crippen molar-refractivity contribution >= 4 is 27.5 Å². The minimum atomic E-state index is -3.60. The van der Waals surface area contributed by atoms with Gasteiger partial charge in [0.15, 0.2) is 0 Å². The number of anilines is 3. The van der Waals surface area contributed by atoms with Crippen molar-refractivity contribution in [3.63, 3.8) is 0 Å². The van der Waals surface area contributed by atoms with Crippen LogP contribution in [0.4, 0.5) is 17.3 Å². The molecule has 2 heterocycles. The van der Waals surface area contributed by atoms with Crippen LogP contribution in [0.3, 0.4) is 0 Å². The van der Waals surface area contributed by atoms with Crippen molar-refractivity contribution < 1.29 is 8.42 Å². The van der Waals surface area contributed by atoms with Crippen LogP contribution in [0.1, 0.15) is 38.1 Å². The van der Waals surface area contributed by atoms with Gasteiger partial charge in [-0.05, 0) is 43.0 Å². The van der Waals surface area contributed by atoms with Crippen LogP contribution in [0, 0.1) is 17.2 Å². The van der Waals surface area contributed by atoms with Crippen molar-refractivity contribution in [3.8, 4) is 17.3 Å². The summed E-state index contributed by atoms with van der Waals surface area (Å²) in [6, 6.07) is 11.1. The minimum absolute atomic E-state index is 0.0781. The summed E-state index contributed by atoms with van der Waals surface area (Å²) in [5, 5.41) is 17.0. The molecule has 11 heteroatoms. The first-order valence-corrected chi connectivity index (χ1v) is 12.6. The quantitative estimate of drug-likeness (QED) is 0.474. The maximum Gasteiger partial charge on any atom is 0.301 e. The Hall–Kier alpha value is -3.49. The Labute approximate surface area is 199 Å². The van der Waals surface area contributed by atoms with Crippen LogP contribution >= 0.6 is 0 Å². The molecule has 1 unspecified atom stereocenters. The van der Waals surface area contributed by atoms with E-state index in [1.165, 1.54) is 26.9 Å². The van der Waals surface area contributed by atoms with Gasteiger partial charge in [0.1, 0.15) is 0 Å². The van der Waals surface area contributed by atoms with Gasteiger partial charge in [-0.2, -0.15) is 23.1 Å². The molecular weight excluding hydrogens is 452 g/mol. The second-order valence-corrected chi connectivity index (χ2v) is 10.4. The van der Waals surface area contributed by atoms with Crippen molar-refractivity contribution in [2.75, 3.05) is 24.1 Å². The number of rotatable bonds is 9. The molecule has 178 valence electrons. The Balaban J connectivity index is 1.51. The van der Waals surface area contributed by atoms with E-state index < -0.39 is 10.2 Å².